The van der Waals surface area contributed by atoms with Gasteiger partial charge in [0.1, 0.15) is 5.75 Å². The molecule has 0 atom stereocenters. The van der Waals surface area contributed by atoms with Gasteiger partial charge in [-0.2, -0.15) is 0 Å². The van der Waals surface area contributed by atoms with Crippen molar-refractivity contribution >= 4 is 18.6 Å². The van der Waals surface area contributed by atoms with Crippen LogP contribution in [0.3, 0.4) is 0 Å². The Bertz CT molecular complexity index is 377. The van der Waals surface area contributed by atoms with Gasteiger partial charge in [-0.15, -0.1) is 0 Å². The fraction of sp³-hybridized carbons (Fsp3) is 0.300. The largest absolute Gasteiger partial charge is 0.494 e. The number of hydrogen-bond donors (Lipinski definition) is 2. The first-order chi connectivity index (χ1) is 7.60. The van der Waals surface area contributed by atoms with Crippen LogP contribution in [-0.4, -0.2) is 36.9 Å². The number of esters is 1. The smallest absolute Gasteiger partial charge is 0.492 e. The van der Waals surface area contributed by atoms with Gasteiger partial charge < -0.3 is 19.5 Å². The summed E-state index contributed by atoms with van der Waals surface area (Å²) in [5.41, 5.74) is 0.388. The molecule has 86 valence electrons. The van der Waals surface area contributed by atoms with Crippen molar-refractivity contribution in [1.82, 2.24) is 0 Å². The molecule has 0 aliphatic heterocycles. The van der Waals surface area contributed by atoms with E-state index in [1.807, 2.05) is 0 Å². The Balaban J connectivity index is 3.12. The predicted molar refractivity (Wildman–Crippen MR) is 58.8 cm³/mol. The zero-order valence-electron chi connectivity index (χ0n) is 9.14. The first kappa shape index (κ1) is 12.5. The summed E-state index contributed by atoms with van der Waals surface area (Å²) in [5.74, 6) is -0.199. The average Bonchev–Trinajstić information content (AvgIpc) is 2.28. The molecule has 0 amide bonds. The molecule has 5 nitrogen and oxygen atoms in total. The topological polar surface area (TPSA) is 76.0 Å². The SMILES string of the molecule is CCOc1ccc(C(=O)OC)cc1B(O)O. The van der Waals surface area contributed by atoms with Gasteiger partial charge >= 0.3 is 13.1 Å². The third-order valence-electron chi connectivity index (χ3n) is 2.01. The molecule has 0 unspecified atom stereocenters. The normalized spacial score (nSPS) is 9.75. The van der Waals surface area contributed by atoms with E-state index in [0.29, 0.717) is 12.4 Å². The molecule has 2 N–H and O–H groups in total. The molecule has 6 heteroatoms. The van der Waals surface area contributed by atoms with Crippen molar-refractivity contribution in [3.63, 3.8) is 0 Å². The Morgan fingerprint density at radius 1 is 1.44 bits per heavy atom. The molecule has 0 aliphatic carbocycles. The lowest BCUT2D eigenvalue weighted by molar-refractivity contribution is 0.0601. The minimum Gasteiger partial charge on any atom is -0.494 e. The van der Waals surface area contributed by atoms with E-state index < -0.39 is 13.1 Å². The van der Waals surface area contributed by atoms with Crippen LogP contribution in [-0.2, 0) is 4.74 Å². The van der Waals surface area contributed by atoms with Crippen LogP contribution in [0.4, 0.5) is 0 Å². The number of methoxy groups -OCH3 is 1. The summed E-state index contributed by atoms with van der Waals surface area (Å²) >= 11 is 0. The summed E-state index contributed by atoms with van der Waals surface area (Å²) in [6.07, 6.45) is 0. The van der Waals surface area contributed by atoms with Crippen molar-refractivity contribution in [1.29, 1.82) is 0 Å². The molecule has 0 heterocycles. The third kappa shape index (κ3) is 2.74. The summed E-state index contributed by atoms with van der Waals surface area (Å²) < 4.78 is 9.72. The zero-order chi connectivity index (χ0) is 12.1. The molecule has 1 aromatic carbocycles. The van der Waals surface area contributed by atoms with Crippen molar-refractivity contribution in [3.05, 3.63) is 23.8 Å². The van der Waals surface area contributed by atoms with Gasteiger partial charge in [-0.05, 0) is 25.1 Å². The van der Waals surface area contributed by atoms with Crippen LogP contribution in [0.2, 0.25) is 0 Å². The summed E-state index contributed by atoms with van der Waals surface area (Å²) in [7, 11) is -0.431. The highest BCUT2D eigenvalue weighted by atomic mass is 16.5. The van der Waals surface area contributed by atoms with E-state index in [9.17, 15) is 4.79 Å². The van der Waals surface area contributed by atoms with Crippen LogP contribution in [0.15, 0.2) is 18.2 Å². The lowest BCUT2D eigenvalue weighted by atomic mass is 9.78. The van der Waals surface area contributed by atoms with E-state index in [1.54, 1.807) is 6.92 Å². The molecular formula is C10H13BO5. The van der Waals surface area contributed by atoms with Gasteiger partial charge in [-0.25, -0.2) is 4.79 Å². The van der Waals surface area contributed by atoms with Crippen molar-refractivity contribution < 1.29 is 24.3 Å². The van der Waals surface area contributed by atoms with Crippen molar-refractivity contribution in [2.45, 2.75) is 6.92 Å². The Morgan fingerprint density at radius 3 is 2.62 bits per heavy atom. The van der Waals surface area contributed by atoms with Crippen LogP contribution < -0.4 is 10.2 Å². The van der Waals surface area contributed by atoms with E-state index in [1.165, 1.54) is 25.3 Å². The highest BCUT2D eigenvalue weighted by molar-refractivity contribution is 6.59. The van der Waals surface area contributed by atoms with Crippen LogP contribution >= 0.6 is 0 Å². The van der Waals surface area contributed by atoms with E-state index in [4.69, 9.17) is 14.8 Å². The van der Waals surface area contributed by atoms with Gasteiger partial charge in [0.25, 0.3) is 0 Å². The number of hydrogen-bond acceptors (Lipinski definition) is 5. The fourth-order valence-electron chi connectivity index (χ4n) is 1.28. The molecule has 0 aliphatic rings. The van der Waals surface area contributed by atoms with Gasteiger partial charge in [0.2, 0.25) is 0 Å². The monoisotopic (exact) mass is 224 g/mol. The summed E-state index contributed by atoms with van der Waals surface area (Å²) in [6, 6.07) is 4.34. The number of benzene rings is 1. The average molecular weight is 224 g/mol. The fourth-order valence-corrected chi connectivity index (χ4v) is 1.28. The molecule has 0 radical (unpaired) electrons. The van der Waals surface area contributed by atoms with Crippen LogP contribution in [0.1, 0.15) is 17.3 Å². The quantitative estimate of drug-likeness (QED) is 0.535. The van der Waals surface area contributed by atoms with Crippen LogP contribution in [0.5, 0.6) is 5.75 Å². The van der Waals surface area contributed by atoms with Gasteiger partial charge in [-0.1, -0.05) is 0 Å². The maximum atomic E-state index is 11.2. The summed E-state index contributed by atoms with van der Waals surface area (Å²) in [5, 5.41) is 18.3. The minimum atomic E-state index is -1.69. The number of rotatable bonds is 4. The minimum absolute atomic E-state index is 0.143. The second-order valence-electron chi connectivity index (χ2n) is 3.05. The highest BCUT2D eigenvalue weighted by Gasteiger charge is 2.19. The van der Waals surface area contributed by atoms with Gasteiger partial charge in [0.15, 0.2) is 0 Å². The first-order valence-electron chi connectivity index (χ1n) is 4.81. The molecule has 0 bridgehead atoms. The van der Waals surface area contributed by atoms with Gasteiger partial charge in [0, 0.05) is 5.46 Å². The van der Waals surface area contributed by atoms with E-state index in [-0.39, 0.29) is 11.0 Å². The van der Waals surface area contributed by atoms with E-state index >= 15 is 0 Å². The molecule has 16 heavy (non-hydrogen) atoms. The van der Waals surface area contributed by atoms with Gasteiger partial charge in [0.05, 0.1) is 19.3 Å². The van der Waals surface area contributed by atoms with E-state index in [2.05, 4.69) is 4.74 Å². The highest BCUT2D eigenvalue weighted by Crippen LogP contribution is 2.11. The molecule has 0 aromatic heterocycles. The van der Waals surface area contributed by atoms with Crippen LogP contribution in [0.25, 0.3) is 0 Å². The second-order valence-corrected chi connectivity index (χ2v) is 3.05. The maximum absolute atomic E-state index is 11.2. The Kier molecular flexibility index (Phi) is 4.33. The molecule has 1 rings (SSSR count). The van der Waals surface area contributed by atoms with Crippen molar-refractivity contribution in [2.24, 2.45) is 0 Å². The zero-order valence-corrected chi connectivity index (χ0v) is 9.14. The molecule has 0 saturated heterocycles. The lowest BCUT2D eigenvalue weighted by Gasteiger charge is -2.10. The van der Waals surface area contributed by atoms with E-state index in [0.717, 1.165) is 0 Å². The van der Waals surface area contributed by atoms with Gasteiger partial charge in [-0.3, -0.25) is 0 Å². The Hall–Kier alpha value is -1.53. The Labute approximate surface area is 93.8 Å². The molecule has 0 saturated carbocycles. The first-order valence-corrected chi connectivity index (χ1v) is 4.81. The molecule has 1 aromatic rings. The molecule has 0 spiro atoms. The second kappa shape index (κ2) is 5.53. The van der Waals surface area contributed by atoms with Crippen molar-refractivity contribution in [2.75, 3.05) is 13.7 Å². The summed E-state index contributed by atoms with van der Waals surface area (Å²) in [4.78, 5) is 11.2. The molecular weight excluding hydrogens is 211 g/mol. The Morgan fingerprint density at radius 2 is 2.12 bits per heavy atom. The van der Waals surface area contributed by atoms with Crippen LogP contribution in [0, 0.1) is 0 Å². The maximum Gasteiger partial charge on any atom is 0.492 e. The number of carbonyl (C=O) groups is 1. The summed E-state index contributed by atoms with van der Waals surface area (Å²) in [6.45, 7) is 2.18. The lowest BCUT2D eigenvalue weighted by Crippen LogP contribution is -2.32. The number of ether oxygens (including phenoxy) is 2. The number of carbonyl (C=O) groups excluding carboxylic acids is 1. The standard InChI is InChI=1S/C10H13BO5/c1-3-16-9-5-4-7(10(12)15-2)6-8(9)11(13)14/h4-6,13-14H,3H2,1-2H3. The third-order valence-corrected chi connectivity index (χ3v) is 2.01. The van der Waals surface area contributed by atoms with Crippen molar-refractivity contribution in [3.8, 4) is 5.75 Å². The molecule has 0 fully saturated rings. The predicted octanol–water partition coefficient (Wildman–Crippen LogP) is -0.448.